The first-order valence-electron chi connectivity index (χ1n) is 5.66. The lowest BCUT2D eigenvalue weighted by molar-refractivity contribution is 0.242. The fourth-order valence-electron chi connectivity index (χ4n) is 1.88. The summed E-state index contributed by atoms with van der Waals surface area (Å²) in [7, 11) is 2.10. The fraction of sp³-hybridized carbons (Fsp3) is 0.417. The van der Waals surface area contributed by atoms with Crippen LogP contribution in [0.5, 0.6) is 0 Å². The first kappa shape index (κ1) is 14.1. The van der Waals surface area contributed by atoms with Crippen molar-refractivity contribution >= 4 is 38.6 Å². The minimum Gasteiger partial charge on any atom is -0.329 e. The van der Waals surface area contributed by atoms with Crippen molar-refractivity contribution in [2.75, 3.05) is 13.6 Å². The zero-order valence-corrected chi connectivity index (χ0v) is 13.6. The van der Waals surface area contributed by atoms with Crippen LogP contribution in [0.2, 0.25) is 0 Å². The number of nitrogens with two attached hydrogens (primary N) is 1. The Labute approximate surface area is 124 Å². The first-order chi connectivity index (χ1) is 8.61. The van der Waals surface area contributed by atoms with Gasteiger partial charge >= 0.3 is 0 Å². The average Bonchev–Trinajstić information content (AvgIpc) is 2.90. The van der Waals surface area contributed by atoms with Crippen LogP contribution in [-0.4, -0.2) is 23.5 Å². The number of thiazole rings is 1. The molecule has 1 atom stereocenters. The zero-order chi connectivity index (χ0) is 13.1. The normalized spacial score (nSPS) is 13.2. The van der Waals surface area contributed by atoms with Crippen LogP contribution >= 0.6 is 38.6 Å². The minimum absolute atomic E-state index is 0.237. The summed E-state index contributed by atoms with van der Waals surface area (Å²) in [6.45, 7) is 3.47. The van der Waals surface area contributed by atoms with E-state index in [4.69, 9.17) is 5.73 Å². The second-order valence-corrected chi connectivity index (χ2v) is 7.02. The summed E-state index contributed by atoms with van der Waals surface area (Å²) < 4.78 is 1.14. The lowest BCUT2D eigenvalue weighted by atomic mass is 10.2. The molecule has 0 aliphatic carbocycles. The summed E-state index contributed by atoms with van der Waals surface area (Å²) in [4.78, 5) is 8.04. The van der Waals surface area contributed by atoms with Gasteiger partial charge in [-0.3, -0.25) is 4.90 Å². The van der Waals surface area contributed by atoms with Crippen molar-refractivity contribution in [3.8, 4) is 0 Å². The highest BCUT2D eigenvalue weighted by molar-refractivity contribution is 9.10. The fourth-order valence-corrected chi connectivity index (χ4v) is 4.30. The first-order valence-corrected chi connectivity index (χ1v) is 8.21. The van der Waals surface area contributed by atoms with Gasteiger partial charge in [-0.25, -0.2) is 4.98 Å². The zero-order valence-electron chi connectivity index (χ0n) is 10.4. The van der Waals surface area contributed by atoms with Gasteiger partial charge < -0.3 is 5.73 Å². The molecule has 0 amide bonds. The third-order valence-corrected chi connectivity index (χ3v) is 5.58. The molecule has 98 valence electrons. The third-order valence-electron chi connectivity index (χ3n) is 2.78. The van der Waals surface area contributed by atoms with Crippen molar-refractivity contribution in [2.45, 2.75) is 19.5 Å². The Bertz CT molecular complexity index is 509. The van der Waals surface area contributed by atoms with Gasteiger partial charge in [0.15, 0.2) is 0 Å². The quantitative estimate of drug-likeness (QED) is 0.902. The molecule has 0 bridgehead atoms. The smallest absolute Gasteiger partial charge is 0.0897 e. The van der Waals surface area contributed by atoms with Crippen LogP contribution < -0.4 is 5.73 Å². The predicted molar refractivity (Wildman–Crippen MR) is 82.1 cm³/mol. The van der Waals surface area contributed by atoms with Crippen molar-refractivity contribution < 1.29 is 0 Å². The Morgan fingerprint density at radius 1 is 1.50 bits per heavy atom. The molecule has 3 nitrogen and oxygen atoms in total. The number of nitrogens with zero attached hydrogens (tertiary/aromatic N) is 2. The molecule has 2 N–H and O–H groups in total. The maximum Gasteiger partial charge on any atom is 0.0897 e. The average molecular weight is 346 g/mol. The molecule has 0 aliphatic rings. The molecule has 2 aromatic heterocycles. The van der Waals surface area contributed by atoms with E-state index < -0.39 is 0 Å². The van der Waals surface area contributed by atoms with Gasteiger partial charge in [0.05, 0.1) is 16.7 Å². The number of halogens is 1. The molecule has 0 radical (unpaired) electrons. The van der Waals surface area contributed by atoms with Gasteiger partial charge in [-0.15, -0.1) is 22.7 Å². The van der Waals surface area contributed by atoms with Crippen LogP contribution in [0.15, 0.2) is 21.3 Å². The number of aryl methyl sites for hydroxylation is 1. The minimum atomic E-state index is 0.237. The molecule has 2 rings (SSSR count). The van der Waals surface area contributed by atoms with Gasteiger partial charge in [-0.2, -0.15) is 0 Å². The standard InChI is InChI=1S/C12H16BrN3S2/c1-8-15-9(7-18-8)6-16(2)11(5-14)12-10(13)3-4-17-12/h3-4,7,11H,5-6,14H2,1-2H3. The topological polar surface area (TPSA) is 42.2 Å². The SMILES string of the molecule is Cc1nc(CN(C)C(CN)c2sccc2Br)cs1. The van der Waals surface area contributed by atoms with Gasteiger partial charge in [0.25, 0.3) is 0 Å². The van der Waals surface area contributed by atoms with E-state index in [2.05, 4.69) is 49.7 Å². The van der Waals surface area contributed by atoms with E-state index in [1.807, 2.05) is 6.92 Å². The highest BCUT2D eigenvalue weighted by Crippen LogP contribution is 2.32. The molecule has 0 aromatic carbocycles. The maximum atomic E-state index is 5.92. The van der Waals surface area contributed by atoms with E-state index in [9.17, 15) is 0 Å². The van der Waals surface area contributed by atoms with E-state index in [-0.39, 0.29) is 6.04 Å². The largest absolute Gasteiger partial charge is 0.329 e. The molecule has 2 heterocycles. The molecule has 6 heteroatoms. The molecule has 0 aliphatic heterocycles. The van der Waals surface area contributed by atoms with Crippen LogP contribution in [-0.2, 0) is 6.54 Å². The molecule has 1 unspecified atom stereocenters. The van der Waals surface area contributed by atoms with Gasteiger partial charge in [-0.05, 0) is 41.3 Å². The molecule has 2 aromatic rings. The van der Waals surface area contributed by atoms with Crippen molar-refractivity contribution in [1.82, 2.24) is 9.88 Å². The lowest BCUT2D eigenvalue weighted by Crippen LogP contribution is -2.29. The summed E-state index contributed by atoms with van der Waals surface area (Å²) in [5.41, 5.74) is 7.04. The Morgan fingerprint density at radius 3 is 2.78 bits per heavy atom. The lowest BCUT2D eigenvalue weighted by Gasteiger charge is -2.25. The van der Waals surface area contributed by atoms with E-state index in [1.54, 1.807) is 22.7 Å². The van der Waals surface area contributed by atoms with Crippen molar-refractivity contribution in [1.29, 1.82) is 0 Å². The van der Waals surface area contributed by atoms with Crippen molar-refractivity contribution in [3.05, 3.63) is 36.9 Å². The van der Waals surface area contributed by atoms with E-state index in [1.165, 1.54) is 4.88 Å². The number of rotatable bonds is 5. The molecular formula is C12H16BrN3S2. The van der Waals surface area contributed by atoms with Crippen LogP contribution in [0, 0.1) is 6.92 Å². The van der Waals surface area contributed by atoms with Gasteiger partial charge in [-0.1, -0.05) is 0 Å². The monoisotopic (exact) mass is 345 g/mol. The Hall–Kier alpha value is -0.270. The van der Waals surface area contributed by atoms with E-state index in [0.29, 0.717) is 6.54 Å². The second-order valence-electron chi connectivity index (χ2n) is 4.16. The van der Waals surface area contributed by atoms with Crippen molar-refractivity contribution in [2.24, 2.45) is 5.73 Å². The van der Waals surface area contributed by atoms with Crippen LogP contribution in [0.1, 0.15) is 21.6 Å². The maximum absolute atomic E-state index is 5.92. The Kier molecular flexibility index (Phi) is 4.91. The van der Waals surface area contributed by atoms with Gasteiger partial charge in [0.2, 0.25) is 0 Å². The summed E-state index contributed by atoms with van der Waals surface area (Å²) >= 11 is 7.01. The third kappa shape index (κ3) is 3.19. The van der Waals surface area contributed by atoms with E-state index in [0.717, 1.165) is 21.7 Å². The summed E-state index contributed by atoms with van der Waals surface area (Å²) in [6.07, 6.45) is 0. The number of hydrogen-bond donors (Lipinski definition) is 1. The molecule has 0 fully saturated rings. The summed E-state index contributed by atoms with van der Waals surface area (Å²) in [5.74, 6) is 0. The highest BCUT2D eigenvalue weighted by Gasteiger charge is 2.20. The predicted octanol–water partition coefficient (Wildman–Crippen LogP) is 3.41. The number of aromatic nitrogens is 1. The summed E-state index contributed by atoms with van der Waals surface area (Å²) in [6, 6.07) is 2.31. The van der Waals surface area contributed by atoms with Crippen LogP contribution in [0.4, 0.5) is 0 Å². The molecule has 18 heavy (non-hydrogen) atoms. The second kappa shape index (κ2) is 6.25. The van der Waals surface area contributed by atoms with E-state index >= 15 is 0 Å². The van der Waals surface area contributed by atoms with Gasteiger partial charge in [0.1, 0.15) is 0 Å². The van der Waals surface area contributed by atoms with Gasteiger partial charge in [0, 0.05) is 27.8 Å². The Balaban J connectivity index is 2.11. The summed E-state index contributed by atoms with van der Waals surface area (Å²) in [5, 5.41) is 5.31. The van der Waals surface area contributed by atoms with Crippen LogP contribution in [0.25, 0.3) is 0 Å². The Morgan fingerprint density at radius 2 is 2.28 bits per heavy atom. The number of hydrogen-bond acceptors (Lipinski definition) is 5. The number of thiophene rings is 1. The van der Waals surface area contributed by atoms with Crippen LogP contribution in [0.3, 0.4) is 0 Å². The number of likely N-dealkylation sites (N-methyl/N-ethyl adjacent to an activating group) is 1. The highest BCUT2D eigenvalue weighted by atomic mass is 79.9. The molecule has 0 saturated heterocycles. The molecular weight excluding hydrogens is 330 g/mol. The molecule has 0 spiro atoms. The van der Waals surface area contributed by atoms with Crippen molar-refractivity contribution in [3.63, 3.8) is 0 Å². The molecule has 0 saturated carbocycles.